The Bertz CT molecular complexity index is 427. The molecule has 19 heavy (non-hydrogen) atoms. The molecule has 0 saturated heterocycles. The van der Waals surface area contributed by atoms with Crippen molar-refractivity contribution in [3.63, 3.8) is 0 Å². The molecule has 0 spiro atoms. The zero-order chi connectivity index (χ0) is 14.3. The van der Waals surface area contributed by atoms with E-state index in [0.717, 1.165) is 6.54 Å². The van der Waals surface area contributed by atoms with Gasteiger partial charge in [-0.2, -0.15) is 0 Å². The van der Waals surface area contributed by atoms with Crippen LogP contribution >= 0.6 is 15.9 Å². The van der Waals surface area contributed by atoms with Crippen molar-refractivity contribution in [3.8, 4) is 0 Å². The summed E-state index contributed by atoms with van der Waals surface area (Å²) in [5.74, 6) is -0.626. The molecule has 0 aromatic heterocycles. The molecule has 1 aromatic carbocycles. The van der Waals surface area contributed by atoms with Gasteiger partial charge in [-0.25, -0.2) is 4.39 Å². The van der Waals surface area contributed by atoms with E-state index in [1.54, 1.807) is 0 Å². The maximum atomic E-state index is 12.9. The lowest BCUT2D eigenvalue weighted by Gasteiger charge is -2.10. The fourth-order valence-corrected chi connectivity index (χ4v) is 1.89. The van der Waals surface area contributed by atoms with Gasteiger partial charge in [-0.05, 0) is 48.2 Å². The molecule has 0 atom stereocenters. The number of likely N-dealkylation sites (N-methyl/N-ethyl adjacent to an activating group) is 1. The van der Waals surface area contributed by atoms with Crippen LogP contribution in [0.25, 0.3) is 0 Å². The van der Waals surface area contributed by atoms with Gasteiger partial charge in [0, 0.05) is 17.6 Å². The van der Waals surface area contributed by atoms with Gasteiger partial charge in [0.15, 0.2) is 0 Å². The quantitative estimate of drug-likeness (QED) is 0.775. The van der Waals surface area contributed by atoms with Crippen LogP contribution in [0.3, 0.4) is 0 Å². The topological polar surface area (TPSA) is 41.6 Å². The number of carbonyl (C=O) groups excluding carboxylic acids is 1. The number of amides is 1. The molecule has 106 valence electrons. The van der Waals surface area contributed by atoms with E-state index in [-0.39, 0.29) is 11.7 Å². The minimum absolute atomic E-state index is 0.247. The summed E-state index contributed by atoms with van der Waals surface area (Å²) in [5, 5.41) is 2.72. The van der Waals surface area contributed by atoms with Gasteiger partial charge in [0.05, 0.1) is 18.8 Å². The molecule has 0 aliphatic carbocycles. The van der Waals surface area contributed by atoms with E-state index in [1.165, 1.54) is 18.2 Å². The Hall–Kier alpha value is -0.980. The SMILES string of the molecule is CN(C)CCOCCNC(=O)c1ccc(F)cc1Br. The van der Waals surface area contributed by atoms with Crippen LogP contribution in [0, 0.1) is 5.82 Å². The largest absolute Gasteiger partial charge is 0.378 e. The molecule has 0 bridgehead atoms. The summed E-state index contributed by atoms with van der Waals surface area (Å²) in [7, 11) is 3.94. The van der Waals surface area contributed by atoms with Crippen LogP contribution in [-0.2, 0) is 4.74 Å². The highest BCUT2D eigenvalue weighted by Gasteiger charge is 2.09. The van der Waals surface area contributed by atoms with E-state index in [9.17, 15) is 9.18 Å². The lowest BCUT2D eigenvalue weighted by Crippen LogP contribution is -2.28. The normalized spacial score (nSPS) is 10.8. The monoisotopic (exact) mass is 332 g/mol. The van der Waals surface area contributed by atoms with E-state index in [4.69, 9.17) is 4.74 Å². The number of halogens is 2. The second-order valence-corrected chi connectivity index (χ2v) is 5.15. The van der Waals surface area contributed by atoms with Gasteiger partial charge < -0.3 is 15.0 Å². The van der Waals surface area contributed by atoms with E-state index in [0.29, 0.717) is 29.8 Å². The Morgan fingerprint density at radius 1 is 1.42 bits per heavy atom. The highest BCUT2D eigenvalue weighted by atomic mass is 79.9. The maximum Gasteiger partial charge on any atom is 0.252 e. The second kappa shape index (κ2) is 8.24. The third-order valence-electron chi connectivity index (χ3n) is 2.39. The standard InChI is InChI=1S/C13H18BrFN2O2/c1-17(2)6-8-19-7-5-16-13(18)11-4-3-10(15)9-12(11)14/h3-4,9H,5-8H2,1-2H3,(H,16,18). The molecular formula is C13H18BrFN2O2. The minimum Gasteiger partial charge on any atom is -0.378 e. The average molecular weight is 333 g/mol. The molecule has 0 saturated carbocycles. The fraction of sp³-hybridized carbons (Fsp3) is 0.462. The second-order valence-electron chi connectivity index (χ2n) is 4.30. The zero-order valence-electron chi connectivity index (χ0n) is 11.1. The molecule has 6 heteroatoms. The van der Waals surface area contributed by atoms with Gasteiger partial charge in [-0.1, -0.05) is 0 Å². The predicted octanol–water partition coefficient (Wildman–Crippen LogP) is 1.90. The molecule has 0 aliphatic heterocycles. The number of hydrogen-bond donors (Lipinski definition) is 1. The highest BCUT2D eigenvalue weighted by molar-refractivity contribution is 9.10. The molecule has 1 aromatic rings. The highest BCUT2D eigenvalue weighted by Crippen LogP contribution is 2.17. The molecule has 0 unspecified atom stereocenters. The number of nitrogens with zero attached hydrogens (tertiary/aromatic N) is 1. The third-order valence-corrected chi connectivity index (χ3v) is 3.05. The summed E-state index contributed by atoms with van der Waals surface area (Å²) in [6.45, 7) is 2.36. The van der Waals surface area contributed by atoms with Gasteiger partial charge in [-0.3, -0.25) is 4.79 Å². The van der Waals surface area contributed by atoms with Crippen molar-refractivity contribution in [2.24, 2.45) is 0 Å². The van der Waals surface area contributed by atoms with Crippen molar-refractivity contribution in [3.05, 3.63) is 34.1 Å². The molecule has 1 N–H and O–H groups in total. The van der Waals surface area contributed by atoms with Crippen LogP contribution in [0.1, 0.15) is 10.4 Å². The van der Waals surface area contributed by atoms with E-state index in [2.05, 4.69) is 21.2 Å². The Kier molecular flexibility index (Phi) is 6.97. The number of hydrogen-bond acceptors (Lipinski definition) is 3. The molecule has 0 fully saturated rings. The lowest BCUT2D eigenvalue weighted by molar-refractivity contribution is 0.0899. The summed E-state index contributed by atoms with van der Waals surface area (Å²) in [4.78, 5) is 13.8. The third kappa shape index (κ3) is 6.13. The lowest BCUT2D eigenvalue weighted by atomic mass is 10.2. The minimum atomic E-state index is -0.379. The van der Waals surface area contributed by atoms with Gasteiger partial charge in [0.25, 0.3) is 5.91 Å². The summed E-state index contributed by atoms with van der Waals surface area (Å²) < 4.78 is 18.7. The molecule has 0 aliphatic rings. The molecule has 1 amide bonds. The first kappa shape index (κ1) is 16.1. The van der Waals surface area contributed by atoms with Crippen molar-refractivity contribution in [2.45, 2.75) is 0 Å². The Labute approximate surface area is 121 Å². The number of rotatable bonds is 7. The summed E-state index contributed by atoms with van der Waals surface area (Å²) in [6, 6.07) is 3.97. The molecular weight excluding hydrogens is 315 g/mol. The number of benzene rings is 1. The van der Waals surface area contributed by atoms with Crippen molar-refractivity contribution in [1.82, 2.24) is 10.2 Å². The van der Waals surface area contributed by atoms with Gasteiger partial charge in [0.2, 0.25) is 0 Å². The Morgan fingerprint density at radius 3 is 2.79 bits per heavy atom. The van der Waals surface area contributed by atoms with Crippen LogP contribution in [-0.4, -0.2) is 51.2 Å². The molecule has 4 nitrogen and oxygen atoms in total. The Balaban J connectivity index is 2.28. The van der Waals surface area contributed by atoms with Crippen LogP contribution < -0.4 is 5.32 Å². The molecule has 1 rings (SSSR count). The van der Waals surface area contributed by atoms with Crippen LogP contribution in [0.5, 0.6) is 0 Å². The van der Waals surface area contributed by atoms with Crippen molar-refractivity contribution in [1.29, 1.82) is 0 Å². The summed E-state index contributed by atoms with van der Waals surface area (Å²) in [5.41, 5.74) is 0.412. The first-order valence-electron chi connectivity index (χ1n) is 5.96. The molecule has 0 radical (unpaired) electrons. The smallest absolute Gasteiger partial charge is 0.252 e. The first-order chi connectivity index (χ1) is 9.00. The van der Waals surface area contributed by atoms with Crippen molar-refractivity contribution < 1.29 is 13.9 Å². The van der Waals surface area contributed by atoms with Crippen molar-refractivity contribution >= 4 is 21.8 Å². The van der Waals surface area contributed by atoms with Gasteiger partial charge in [-0.15, -0.1) is 0 Å². The maximum absolute atomic E-state index is 12.9. The summed E-state index contributed by atoms with van der Waals surface area (Å²) >= 11 is 3.16. The number of carbonyl (C=O) groups is 1. The number of ether oxygens (including phenoxy) is 1. The average Bonchev–Trinajstić information content (AvgIpc) is 2.32. The first-order valence-corrected chi connectivity index (χ1v) is 6.75. The number of nitrogens with one attached hydrogen (secondary N) is 1. The predicted molar refractivity (Wildman–Crippen MR) is 75.8 cm³/mol. The summed E-state index contributed by atoms with van der Waals surface area (Å²) in [6.07, 6.45) is 0. The van der Waals surface area contributed by atoms with Crippen LogP contribution in [0.2, 0.25) is 0 Å². The van der Waals surface area contributed by atoms with E-state index < -0.39 is 0 Å². The fourth-order valence-electron chi connectivity index (χ4n) is 1.35. The van der Waals surface area contributed by atoms with E-state index in [1.807, 2.05) is 19.0 Å². The van der Waals surface area contributed by atoms with Gasteiger partial charge in [0.1, 0.15) is 5.82 Å². The zero-order valence-corrected chi connectivity index (χ0v) is 12.7. The van der Waals surface area contributed by atoms with Gasteiger partial charge >= 0.3 is 0 Å². The Morgan fingerprint density at radius 2 is 2.16 bits per heavy atom. The molecule has 0 heterocycles. The van der Waals surface area contributed by atoms with Crippen LogP contribution in [0.15, 0.2) is 22.7 Å². The van der Waals surface area contributed by atoms with E-state index >= 15 is 0 Å². The van der Waals surface area contributed by atoms with Crippen molar-refractivity contribution in [2.75, 3.05) is 40.4 Å². The van der Waals surface area contributed by atoms with Crippen LogP contribution in [0.4, 0.5) is 4.39 Å².